The molecule has 3 aromatic rings. The Morgan fingerprint density at radius 3 is 2.66 bits per heavy atom. The summed E-state index contributed by atoms with van der Waals surface area (Å²) < 4.78 is 13.1. The van der Waals surface area contributed by atoms with Crippen LogP contribution in [0.4, 0.5) is 16.0 Å². The third-order valence-corrected chi connectivity index (χ3v) is 5.56. The number of hydrogen-bond donors (Lipinski definition) is 1. The van der Waals surface area contributed by atoms with E-state index in [0.717, 1.165) is 36.4 Å². The van der Waals surface area contributed by atoms with Crippen molar-refractivity contribution < 1.29 is 9.18 Å². The molecule has 5 rings (SSSR count). The number of nitrogens with one attached hydrogen (secondary N) is 1. The fraction of sp³-hybridized carbons (Fsp3) is 0.286. The highest BCUT2D eigenvalue weighted by Crippen LogP contribution is 2.49. The molecule has 0 spiro atoms. The van der Waals surface area contributed by atoms with Crippen LogP contribution in [0.15, 0.2) is 49.1 Å². The fourth-order valence-electron chi connectivity index (χ4n) is 4.02. The summed E-state index contributed by atoms with van der Waals surface area (Å²) >= 11 is 0. The average Bonchev–Trinajstić information content (AvgIpc) is 3.40. The first-order valence-electron chi connectivity index (χ1n) is 9.55. The summed E-state index contributed by atoms with van der Waals surface area (Å²) in [6, 6.07) is 7.37. The van der Waals surface area contributed by atoms with Gasteiger partial charge in [0.1, 0.15) is 6.04 Å². The van der Waals surface area contributed by atoms with E-state index in [-0.39, 0.29) is 11.9 Å². The molecular weight excluding hydrogens is 371 g/mol. The lowest BCUT2D eigenvalue weighted by atomic mass is 10.1. The number of rotatable bonds is 4. The van der Waals surface area contributed by atoms with Gasteiger partial charge in [0.2, 0.25) is 11.9 Å². The largest absolute Gasteiger partial charge is 0.325 e. The standard InChI is InChI=1S/C21H19FN6O/c1-12-3-4-15(9-16(12)19-25-10-14(22)11-26-19)27-20(29)18-8-13-7-17(13)28(18)21-23-5-2-6-24-21/h2-6,9-11,13,17-18H,7-8H2,1H3,(H,27,29)/t13-,17-,18+/m1/s1. The number of carbonyl (C=O) groups is 1. The van der Waals surface area contributed by atoms with Crippen molar-refractivity contribution in [2.45, 2.75) is 31.8 Å². The summed E-state index contributed by atoms with van der Waals surface area (Å²) in [5, 5.41) is 3.01. The number of hydrogen-bond acceptors (Lipinski definition) is 6. The van der Waals surface area contributed by atoms with Crippen molar-refractivity contribution in [1.29, 1.82) is 0 Å². The molecular formula is C21H19FN6O. The van der Waals surface area contributed by atoms with Crippen LogP contribution in [0.5, 0.6) is 0 Å². The Hall–Kier alpha value is -3.42. The van der Waals surface area contributed by atoms with Crippen LogP contribution in [0.1, 0.15) is 18.4 Å². The van der Waals surface area contributed by atoms with E-state index in [1.807, 2.05) is 30.0 Å². The molecule has 1 aromatic carbocycles. The molecule has 1 saturated carbocycles. The highest BCUT2D eigenvalue weighted by Gasteiger charge is 2.55. The molecule has 7 nitrogen and oxygen atoms in total. The molecule has 3 heterocycles. The second-order valence-electron chi connectivity index (χ2n) is 7.51. The molecule has 0 radical (unpaired) electrons. The molecule has 2 aromatic heterocycles. The van der Waals surface area contributed by atoms with Crippen molar-refractivity contribution in [3.05, 3.63) is 60.4 Å². The molecule has 0 bridgehead atoms. The lowest BCUT2D eigenvalue weighted by Gasteiger charge is -2.26. The minimum absolute atomic E-state index is 0.0838. The van der Waals surface area contributed by atoms with E-state index < -0.39 is 5.82 Å². The molecule has 8 heteroatoms. The van der Waals surface area contributed by atoms with Crippen molar-refractivity contribution >= 4 is 17.5 Å². The Bertz CT molecular complexity index is 1060. The highest BCUT2D eigenvalue weighted by molar-refractivity contribution is 5.98. The molecule has 1 aliphatic heterocycles. The SMILES string of the molecule is Cc1ccc(NC(=O)[C@@H]2C[C@H]3C[C@H]3N2c2ncccn2)cc1-c1ncc(F)cn1. The van der Waals surface area contributed by atoms with E-state index in [0.29, 0.717) is 29.4 Å². The minimum atomic E-state index is -0.487. The average molecular weight is 390 g/mol. The van der Waals surface area contributed by atoms with E-state index in [1.165, 1.54) is 0 Å². The molecule has 2 fully saturated rings. The Balaban J connectivity index is 1.38. The number of amides is 1. The number of aryl methyl sites for hydroxylation is 1. The quantitative estimate of drug-likeness (QED) is 0.737. The van der Waals surface area contributed by atoms with Gasteiger partial charge in [-0.2, -0.15) is 0 Å². The maximum absolute atomic E-state index is 13.1. The van der Waals surface area contributed by atoms with Crippen LogP contribution in [0, 0.1) is 18.7 Å². The number of benzene rings is 1. The number of nitrogens with zero attached hydrogens (tertiary/aromatic N) is 5. The predicted octanol–water partition coefficient (Wildman–Crippen LogP) is 2.99. The van der Waals surface area contributed by atoms with Gasteiger partial charge in [0.05, 0.1) is 12.4 Å². The summed E-state index contributed by atoms with van der Waals surface area (Å²) in [4.78, 5) is 31.9. The minimum Gasteiger partial charge on any atom is -0.325 e. The van der Waals surface area contributed by atoms with Gasteiger partial charge in [-0.25, -0.2) is 24.3 Å². The van der Waals surface area contributed by atoms with Gasteiger partial charge in [0.15, 0.2) is 11.6 Å². The van der Waals surface area contributed by atoms with Crippen LogP contribution in [-0.4, -0.2) is 37.9 Å². The van der Waals surface area contributed by atoms with Gasteiger partial charge >= 0.3 is 0 Å². The first kappa shape index (κ1) is 17.7. The lowest BCUT2D eigenvalue weighted by molar-refractivity contribution is -0.117. The molecule has 3 atom stereocenters. The van der Waals surface area contributed by atoms with Crippen LogP contribution in [0.25, 0.3) is 11.4 Å². The van der Waals surface area contributed by atoms with Gasteiger partial charge in [-0.15, -0.1) is 0 Å². The Labute approximate surface area is 167 Å². The summed E-state index contributed by atoms with van der Waals surface area (Å²) in [5.74, 6) is 0.970. The van der Waals surface area contributed by atoms with Crippen molar-refractivity contribution in [3.8, 4) is 11.4 Å². The van der Waals surface area contributed by atoms with Gasteiger partial charge < -0.3 is 10.2 Å². The number of halogens is 1. The first-order chi connectivity index (χ1) is 14.1. The number of piperidine rings is 1. The van der Waals surface area contributed by atoms with Crippen molar-refractivity contribution in [2.75, 3.05) is 10.2 Å². The molecule has 1 amide bonds. The van der Waals surface area contributed by atoms with Gasteiger partial charge in [0, 0.05) is 29.7 Å². The molecule has 1 aliphatic carbocycles. The predicted molar refractivity (Wildman–Crippen MR) is 106 cm³/mol. The smallest absolute Gasteiger partial charge is 0.247 e. The van der Waals surface area contributed by atoms with Crippen LogP contribution in [-0.2, 0) is 4.79 Å². The third-order valence-electron chi connectivity index (χ3n) is 5.56. The van der Waals surface area contributed by atoms with E-state index in [2.05, 4.69) is 25.3 Å². The van der Waals surface area contributed by atoms with Crippen LogP contribution in [0.2, 0.25) is 0 Å². The molecule has 0 unspecified atom stereocenters. The van der Waals surface area contributed by atoms with Gasteiger partial charge in [-0.1, -0.05) is 6.07 Å². The van der Waals surface area contributed by atoms with E-state index in [1.54, 1.807) is 18.5 Å². The Kier molecular flexibility index (Phi) is 4.19. The van der Waals surface area contributed by atoms with E-state index >= 15 is 0 Å². The maximum Gasteiger partial charge on any atom is 0.247 e. The van der Waals surface area contributed by atoms with Crippen molar-refractivity contribution in [1.82, 2.24) is 19.9 Å². The normalized spacial score (nSPS) is 22.3. The number of fused-ring (bicyclic) bond motifs is 1. The molecule has 2 aliphatic rings. The highest BCUT2D eigenvalue weighted by atomic mass is 19.1. The lowest BCUT2D eigenvalue weighted by Crippen LogP contribution is -2.43. The summed E-state index contributed by atoms with van der Waals surface area (Å²) in [7, 11) is 0. The zero-order valence-electron chi connectivity index (χ0n) is 15.8. The second kappa shape index (κ2) is 6.88. The summed E-state index contributed by atoms with van der Waals surface area (Å²) in [6.07, 6.45) is 7.54. The molecule has 29 heavy (non-hydrogen) atoms. The second-order valence-corrected chi connectivity index (χ2v) is 7.51. The van der Waals surface area contributed by atoms with Crippen LogP contribution < -0.4 is 10.2 Å². The zero-order valence-corrected chi connectivity index (χ0v) is 15.8. The first-order valence-corrected chi connectivity index (χ1v) is 9.55. The van der Waals surface area contributed by atoms with E-state index in [4.69, 9.17) is 0 Å². The number of anilines is 2. The molecule has 1 saturated heterocycles. The fourth-order valence-corrected chi connectivity index (χ4v) is 4.02. The molecule has 146 valence electrons. The van der Waals surface area contributed by atoms with E-state index in [9.17, 15) is 9.18 Å². The number of carbonyl (C=O) groups excluding carboxylic acids is 1. The van der Waals surface area contributed by atoms with Crippen molar-refractivity contribution in [2.24, 2.45) is 5.92 Å². The number of aromatic nitrogens is 4. The Morgan fingerprint density at radius 2 is 1.90 bits per heavy atom. The monoisotopic (exact) mass is 390 g/mol. The van der Waals surface area contributed by atoms with Gasteiger partial charge in [-0.3, -0.25) is 4.79 Å². The van der Waals surface area contributed by atoms with Gasteiger partial charge in [0.25, 0.3) is 0 Å². The zero-order chi connectivity index (χ0) is 20.0. The van der Waals surface area contributed by atoms with Gasteiger partial charge in [-0.05, 0) is 49.4 Å². The Morgan fingerprint density at radius 1 is 1.14 bits per heavy atom. The van der Waals surface area contributed by atoms with Crippen LogP contribution in [0.3, 0.4) is 0 Å². The topological polar surface area (TPSA) is 83.9 Å². The van der Waals surface area contributed by atoms with Crippen molar-refractivity contribution in [3.63, 3.8) is 0 Å². The third kappa shape index (κ3) is 3.30. The maximum atomic E-state index is 13.1. The van der Waals surface area contributed by atoms with Crippen LogP contribution >= 0.6 is 0 Å². The summed E-state index contributed by atoms with van der Waals surface area (Å²) in [5.41, 5.74) is 2.34. The summed E-state index contributed by atoms with van der Waals surface area (Å²) in [6.45, 7) is 1.92. The molecule has 1 N–H and O–H groups in total.